The molecule has 0 radical (unpaired) electrons. The van der Waals surface area contributed by atoms with Crippen LogP contribution in [0.2, 0.25) is 0 Å². The molecule has 0 aliphatic carbocycles. The lowest BCUT2D eigenvalue weighted by atomic mass is 10.2. The first kappa shape index (κ1) is 12.8. The average Bonchev–Trinajstić information content (AvgIpc) is 2.79. The molecule has 16 heavy (non-hydrogen) atoms. The fraction of sp³-hybridized carbons (Fsp3) is 0.583. The molecule has 0 bridgehead atoms. The first-order valence-electron chi connectivity index (χ1n) is 5.69. The topological polar surface area (TPSA) is 54.3 Å². The second-order valence-corrected chi connectivity index (χ2v) is 3.99. The average molecular weight is 224 g/mol. The molecule has 0 spiro atoms. The lowest BCUT2D eigenvalue weighted by Crippen LogP contribution is -2.38. The SMILES string of the molecule is CCC(C)NCC(=O)NC(C)c1ccco1. The van der Waals surface area contributed by atoms with Gasteiger partial charge in [-0.2, -0.15) is 0 Å². The summed E-state index contributed by atoms with van der Waals surface area (Å²) >= 11 is 0. The Labute approximate surface area is 96.4 Å². The fourth-order valence-electron chi connectivity index (χ4n) is 1.31. The standard InChI is InChI=1S/C12H20N2O2/c1-4-9(2)13-8-12(15)14-10(3)11-6-5-7-16-11/h5-7,9-10,13H,4,8H2,1-3H3,(H,14,15). The van der Waals surface area contributed by atoms with E-state index in [1.165, 1.54) is 0 Å². The Morgan fingerprint density at radius 2 is 2.25 bits per heavy atom. The predicted octanol–water partition coefficient (Wildman–Crippen LogP) is 1.84. The van der Waals surface area contributed by atoms with Gasteiger partial charge in [0.1, 0.15) is 5.76 Å². The van der Waals surface area contributed by atoms with E-state index in [4.69, 9.17) is 4.42 Å². The quantitative estimate of drug-likeness (QED) is 0.775. The molecule has 1 amide bonds. The largest absolute Gasteiger partial charge is 0.467 e. The van der Waals surface area contributed by atoms with Crippen molar-refractivity contribution in [3.8, 4) is 0 Å². The summed E-state index contributed by atoms with van der Waals surface area (Å²) < 4.78 is 5.21. The van der Waals surface area contributed by atoms with Gasteiger partial charge in [-0.25, -0.2) is 0 Å². The summed E-state index contributed by atoms with van der Waals surface area (Å²) in [4.78, 5) is 11.6. The van der Waals surface area contributed by atoms with Crippen LogP contribution in [0.15, 0.2) is 22.8 Å². The number of carbonyl (C=O) groups is 1. The van der Waals surface area contributed by atoms with E-state index in [-0.39, 0.29) is 11.9 Å². The van der Waals surface area contributed by atoms with E-state index in [1.54, 1.807) is 6.26 Å². The molecule has 1 aromatic heterocycles. The van der Waals surface area contributed by atoms with E-state index in [9.17, 15) is 4.79 Å². The monoisotopic (exact) mass is 224 g/mol. The normalized spacial score (nSPS) is 14.4. The minimum Gasteiger partial charge on any atom is -0.467 e. The lowest BCUT2D eigenvalue weighted by molar-refractivity contribution is -0.121. The Bertz CT molecular complexity index is 309. The molecular weight excluding hydrogens is 204 g/mol. The van der Waals surface area contributed by atoms with E-state index in [2.05, 4.69) is 24.5 Å². The summed E-state index contributed by atoms with van der Waals surface area (Å²) in [6.45, 7) is 6.39. The van der Waals surface area contributed by atoms with Gasteiger partial charge in [-0.1, -0.05) is 6.92 Å². The van der Waals surface area contributed by atoms with Crippen molar-refractivity contribution in [1.29, 1.82) is 0 Å². The van der Waals surface area contributed by atoms with Crippen molar-refractivity contribution in [1.82, 2.24) is 10.6 Å². The van der Waals surface area contributed by atoms with Crippen molar-refractivity contribution in [2.45, 2.75) is 39.3 Å². The fourth-order valence-corrected chi connectivity index (χ4v) is 1.31. The molecular formula is C12H20N2O2. The molecule has 1 rings (SSSR count). The van der Waals surface area contributed by atoms with Crippen molar-refractivity contribution in [2.75, 3.05) is 6.54 Å². The van der Waals surface area contributed by atoms with Gasteiger partial charge in [-0.15, -0.1) is 0 Å². The van der Waals surface area contributed by atoms with Crippen LogP contribution >= 0.6 is 0 Å². The van der Waals surface area contributed by atoms with Gasteiger partial charge in [0, 0.05) is 6.04 Å². The van der Waals surface area contributed by atoms with Crippen LogP contribution in [0.5, 0.6) is 0 Å². The summed E-state index contributed by atoms with van der Waals surface area (Å²) in [5.41, 5.74) is 0. The van der Waals surface area contributed by atoms with Gasteiger partial charge in [-0.3, -0.25) is 4.79 Å². The Morgan fingerprint density at radius 1 is 1.50 bits per heavy atom. The molecule has 0 aliphatic rings. The maximum Gasteiger partial charge on any atom is 0.234 e. The molecule has 0 aromatic carbocycles. The maximum atomic E-state index is 11.6. The maximum absolute atomic E-state index is 11.6. The smallest absolute Gasteiger partial charge is 0.234 e. The molecule has 1 aromatic rings. The van der Waals surface area contributed by atoms with Crippen molar-refractivity contribution in [3.63, 3.8) is 0 Å². The Hall–Kier alpha value is -1.29. The third-order valence-electron chi connectivity index (χ3n) is 2.57. The van der Waals surface area contributed by atoms with Crippen LogP contribution in [-0.2, 0) is 4.79 Å². The van der Waals surface area contributed by atoms with Gasteiger partial charge < -0.3 is 15.1 Å². The first-order valence-corrected chi connectivity index (χ1v) is 5.69. The Balaban J connectivity index is 2.29. The molecule has 0 fully saturated rings. The zero-order valence-corrected chi connectivity index (χ0v) is 10.1. The van der Waals surface area contributed by atoms with Crippen LogP contribution in [0.4, 0.5) is 0 Å². The summed E-state index contributed by atoms with van der Waals surface area (Å²) in [7, 11) is 0. The molecule has 2 N–H and O–H groups in total. The lowest BCUT2D eigenvalue weighted by Gasteiger charge is -2.14. The van der Waals surface area contributed by atoms with Crippen molar-refractivity contribution < 1.29 is 9.21 Å². The molecule has 2 atom stereocenters. The highest BCUT2D eigenvalue weighted by atomic mass is 16.3. The number of carbonyl (C=O) groups excluding carboxylic acids is 1. The third-order valence-corrected chi connectivity index (χ3v) is 2.57. The second kappa shape index (κ2) is 6.33. The van der Waals surface area contributed by atoms with Crippen LogP contribution in [0, 0.1) is 0 Å². The van der Waals surface area contributed by atoms with Crippen molar-refractivity contribution >= 4 is 5.91 Å². The zero-order valence-electron chi connectivity index (χ0n) is 10.1. The summed E-state index contributed by atoms with van der Waals surface area (Å²) in [5, 5.41) is 6.01. The summed E-state index contributed by atoms with van der Waals surface area (Å²) in [6.07, 6.45) is 2.62. The van der Waals surface area contributed by atoms with Gasteiger partial charge in [0.15, 0.2) is 0 Å². The zero-order chi connectivity index (χ0) is 12.0. The van der Waals surface area contributed by atoms with E-state index in [0.717, 1.165) is 12.2 Å². The van der Waals surface area contributed by atoms with Crippen LogP contribution in [0.25, 0.3) is 0 Å². The van der Waals surface area contributed by atoms with E-state index in [0.29, 0.717) is 12.6 Å². The molecule has 0 saturated heterocycles. The van der Waals surface area contributed by atoms with Gasteiger partial charge in [0.05, 0.1) is 18.8 Å². The highest BCUT2D eigenvalue weighted by Gasteiger charge is 2.11. The van der Waals surface area contributed by atoms with E-state index < -0.39 is 0 Å². The predicted molar refractivity (Wildman–Crippen MR) is 63.0 cm³/mol. The van der Waals surface area contributed by atoms with E-state index >= 15 is 0 Å². The van der Waals surface area contributed by atoms with Crippen LogP contribution < -0.4 is 10.6 Å². The summed E-state index contributed by atoms with van der Waals surface area (Å²) in [5.74, 6) is 0.765. The highest BCUT2D eigenvalue weighted by Crippen LogP contribution is 2.11. The van der Waals surface area contributed by atoms with Gasteiger partial charge in [-0.05, 0) is 32.4 Å². The number of furan rings is 1. The molecule has 2 unspecified atom stereocenters. The molecule has 4 nitrogen and oxygen atoms in total. The number of amides is 1. The molecule has 0 aliphatic heterocycles. The highest BCUT2D eigenvalue weighted by molar-refractivity contribution is 5.78. The molecule has 4 heteroatoms. The number of hydrogen-bond acceptors (Lipinski definition) is 3. The van der Waals surface area contributed by atoms with Crippen molar-refractivity contribution in [2.24, 2.45) is 0 Å². The van der Waals surface area contributed by atoms with Crippen LogP contribution in [0.1, 0.15) is 39.0 Å². The third kappa shape index (κ3) is 4.06. The Kier molecular flexibility index (Phi) is 5.05. The van der Waals surface area contributed by atoms with Crippen LogP contribution in [0.3, 0.4) is 0 Å². The van der Waals surface area contributed by atoms with E-state index in [1.807, 2.05) is 19.1 Å². The number of rotatable bonds is 6. The molecule has 90 valence electrons. The first-order chi connectivity index (χ1) is 7.63. The molecule has 1 heterocycles. The minimum absolute atomic E-state index is 0.01000. The minimum atomic E-state index is -0.0822. The Morgan fingerprint density at radius 3 is 2.81 bits per heavy atom. The number of nitrogens with one attached hydrogen (secondary N) is 2. The number of hydrogen-bond donors (Lipinski definition) is 2. The molecule has 0 saturated carbocycles. The van der Waals surface area contributed by atoms with Gasteiger partial charge in [0.25, 0.3) is 0 Å². The summed E-state index contributed by atoms with van der Waals surface area (Å²) in [6, 6.07) is 3.95. The van der Waals surface area contributed by atoms with Gasteiger partial charge >= 0.3 is 0 Å². The van der Waals surface area contributed by atoms with Crippen molar-refractivity contribution in [3.05, 3.63) is 24.2 Å². The van der Waals surface area contributed by atoms with Gasteiger partial charge in [0.2, 0.25) is 5.91 Å². The second-order valence-electron chi connectivity index (χ2n) is 3.99. The van der Waals surface area contributed by atoms with Crippen LogP contribution in [-0.4, -0.2) is 18.5 Å².